The van der Waals surface area contributed by atoms with Crippen molar-refractivity contribution in [3.8, 4) is 0 Å². The monoisotopic (exact) mass is 303 g/mol. The molecule has 0 aromatic heterocycles. The third kappa shape index (κ3) is 6.14. The van der Waals surface area contributed by atoms with Crippen LogP contribution in [0.2, 0.25) is 0 Å². The predicted octanol–water partition coefficient (Wildman–Crippen LogP) is 2.42. The Bertz CT molecular complexity index is 396. The van der Waals surface area contributed by atoms with E-state index in [1.807, 2.05) is 20.8 Å². The summed E-state index contributed by atoms with van der Waals surface area (Å²) in [6.07, 6.45) is 2.22. The number of hydrogen-bond donors (Lipinski definition) is 2. The van der Waals surface area contributed by atoms with Crippen LogP contribution in [0.4, 0.5) is 4.79 Å². The van der Waals surface area contributed by atoms with Crippen LogP contribution in [-0.2, 0) is 9.47 Å². The number of allylic oxidation sites excluding steroid dienone is 1. The summed E-state index contributed by atoms with van der Waals surface area (Å²) in [6.45, 7) is 6.64. The zero-order valence-corrected chi connectivity index (χ0v) is 12.9. The van der Waals surface area contributed by atoms with Gasteiger partial charge in [0.05, 0.1) is 0 Å². The molecule has 0 radical (unpaired) electrons. The zero-order valence-electron chi connectivity index (χ0n) is 12.1. The normalized spacial score (nSPS) is 17.8. The topological polar surface area (TPSA) is 88.6 Å². The minimum absolute atomic E-state index is 0.0686. The van der Waals surface area contributed by atoms with E-state index in [1.165, 1.54) is 6.08 Å². The molecule has 1 amide bonds. The Morgan fingerprint density at radius 1 is 1.40 bits per heavy atom. The Balaban J connectivity index is 2.40. The lowest BCUT2D eigenvalue weighted by molar-refractivity contribution is 0.00416. The van der Waals surface area contributed by atoms with Gasteiger partial charge in [0.2, 0.25) is 0 Å². The first-order valence-corrected chi connectivity index (χ1v) is 6.91. The van der Waals surface area contributed by atoms with Gasteiger partial charge < -0.3 is 20.1 Å². The van der Waals surface area contributed by atoms with Crippen molar-refractivity contribution < 1.29 is 14.3 Å². The van der Waals surface area contributed by atoms with Gasteiger partial charge in [-0.25, -0.2) is 4.79 Å². The Morgan fingerprint density at radius 2 is 1.95 bits per heavy atom. The molecule has 0 bridgehead atoms. The van der Waals surface area contributed by atoms with E-state index in [-0.39, 0.29) is 23.3 Å². The van der Waals surface area contributed by atoms with Crippen molar-refractivity contribution in [1.82, 2.24) is 4.90 Å². The first-order valence-electron chi connectivity index (χ1n) is 6.53. The minimum Gasteiger partial charge on any atom is -0.476 e. The van der Waals surface area contributed by atoms with Crippen molar-refractivity contribution in [3.05, 3.63) is 12.0 Å². The number of amides is 1. The number of nitrogens with one attached hydrogen (secondary N) is 1. The summed E-state index contributed by atoms with van der Waals surface area (Å²) in [6, 6.07) is 0. The average Bonchev–Trinajstić information content (AvgIpc) is 2.26. The lowest BCUT2D eigenvalue weighted by atomic mass is 10.1. The number of likely N-dealkylation sites (tertiary alicyclic amines) is 1. The van der Waals surface area contributed by atoms with Gasteiger partial charge in [0.15, 0.2) is 5.88 Å². The van der Waals surface area contributed by atoms with Crippen LogP contribution in [0, 0.1) is 5.41 Å². The number of nitrogens with two attached hydrogens (primary N) is 1. The van der Waals surface area contributed by atoms with Crippen LogP contribution < -0.4 is 5.73 Å². The fourth-order valence-corrected chi connectivity index (χ4v) is 1.94. The lowest BCUT2D eigenvalue weighted by Crippen LogP contribution is -2.43. The SMILES string of the molecule is CC(C)(C)OC(=O)N1CCC(O/C(N)=C/C(=N)Cl)CC1. The van der Waals surface area contributed by atoms with Crippen LogP contribution in [0.3, 0.4) is 0 Å². The molecule has 0 saturated carbocycles. The highest BCUT2D eigenvalue weighted by molar-refractivity contribution is 6.67. The van der Waals surface area contributed by atoms with Gasteiger partial charge in [-0.2, -0.15) is 0 Å². The van der Waals surface area contributed by atoms with Crippen molar-refractivity contribution >= 4 is 22.9 Å². The van der Waals surface area contributed by atoms with Gasteiger partial charge >= 0.3 is 6.09 Å². The molecule has 1 aliphatic rings. The van der Waals surface area contributed by atoms with Crippen LogP contribution in [0.15, 0.2) is 12.0 Å². The summed E-state index contributed by atoms with van der Waals surface area (Å²) in [5.41, 5.74) is 5.10. The van der Waals surface area contributed by atoms with Gasteiger partial charge in [0.1, 0.15) is 16.9 Å². The van der Waals surface area contributed by atoms with E-state index >= 15 is 0 Å². The Labute approximate surface area is 124 Å². The largest absolute Gasteiger partial charge is 0.476 e. The first-order chi connectivity index (χ1) is 9.17. The molecular weight excluding hydrogens is 282 g/mol. The highest BCUT2D eigenvalue weighted by atomic mass is 35.5. The van der Waals surface area contributed by atoms with Crippen molar-refractivity contribution in [2.24, 2.45) is 5.73 Å². The maximum atomic E-state index is 11.9. The Hall–Kier alpha value is -1.43. The number of rotatable bonds is 3. The Kier molecular flexibility index (Phi) is 5.68. The molecule has 0 aromatic rings. The standard InChI is InChI=1S/C13H22ClN3O3/c1-13(2,3)20-12(18)17-6-4-9(5-7-17)19-11(16)8-10(14)15/h8-9,15H,4-7,16H2,1-3H3/b11-8+,15-10?. The van der Waals surface area contributed by atoms with E-state index in [0.29, 0.717) is 25.9 Å². The molecule has 0 aromatic carbocycles. The highest BCUT2D eigenvalue weighted by Gasteiger charge is 2.27. The summed E-state index contributed by atoms with van der Waals surface area (Å²) in [7, 11) is 0. The third-order valence-electron chi connectivity index (χ3n) is 2.67. The molecule has 3 N–H and O–H groups in total. The molecule has 6 nitrogen and oxygen atoms in total. The third-order valence-corrected chi connectivity index (χ3v) is 2.77. The summed E-state index contributed by atoms with van der Waals surface area (Å²) in [5, 5.41) is 6.90. The zero-order chi connectivity index (χ0) is 15.3. The number of piperidine rings is 1. The average molecular weight is 304 g/mol. The van der Waals surface area contributed by atoms with Crippen molar-refractivity contribution in [2.75, 3.05) is 13.1 Å². The molecule has 1 aliphatic heterocycles. The molecule has 7 heteroatoms. The summed E-state index contributed by atoms with van der Waals surface area (Å²) in [5.74, 6) is 0.126. The van der Waals surface area contributed by atoms with E-state index in [2.05, 4.69) is 0 Å². The molecule has 114 valence electrons. The van der Waals surface area contributed by atoms with Crippen LogP contribution in [-0.4, -0.2) is 41.0 Å². The number of hydrogen-bond acceptors (Lipinski definition) is 5. The Morgan fingerprint density at radius 3 is 2.40 bits per heavy atom. The van der Waals surface area contributed by atoms with E-state index in [1.54, 1.807) is 4.90 Å². The van der Waals surface area contributed by atoms with Gasteiger partial charge in [0.25, 0.3) is 0 Å². The van der Waals surface area contributed by atoms with Crippen LogP contribution >= 0.6 is 11.6 Å². The quantitative estimate of drug-likeness (QED) is 0.619. The maximum Gasteiger partial charge on any atom is 0.410 e. The maximum absolute atomic E-state index is 11.9. The van der Waals surface area contributed by atoms with Gasteiger partial charge in [0, 0.05) is 32.0 Å². The van der Waals surface area contributed by atoms with Crippen molar-refractivity contribution in [3.63, 3.8) is 0 Å². The minimum atomic E-state index is -0.488. The van der Waals surface area contributed by atoms with Gasteiger partial charge in [-0.3, -0.25) is 5.41 Å². The molecule has 1 rings (SSSR count). The number of carbonyl (C=O) groups is 1. The molecule has 20 heavy (non-hydrogen) atoms. The molecule has 0 atom stereocenters. The second-order valence-corrected chi connectivity index (χ2v) is 6.09. The first kappa shape index (κ1) is 16.6. The van der Waals surface area contributed by atoms with Crippen LogP contribution in [0.5, 0.6) is 0 Å². The molecule has 1 fully saturated rings. The van der Waals surface area contributed by atoms with Gasteiger partial charge in [-0.15, -0.1) is 0 Å². The van der Waals surface area contributed by atoms with Gasteiger partial charge in [-0.1, -0.05) is 11.6 Å². The summed E-state index contributed by atoms with van der Waals surface area (Å²) < 4.78 is 10.8. The molecule has 1 heterocycles. The van der Waals surface area contributed by atoms with Crippen molar-refractivity contribution in [1.29, 1.82) is 5.41 Å². The fraction of sp³-hybridized carbons (Fsp3) is 0.692. The second-order valence-electron chi connectivity index (χ2n) is 5.68. The second kappa shape index (κ2) is 6.83. The number of halogens is 1. The molecule has 1 saturated heterocycles. The van der Waals surface area contributed by atoms with E-state index in [0.717, 1.165) is 0 Å². The number of carbonyl (C=O) groups excluding carboxylic acids is 1. The summed E-state index contributed by atoms with van der Waals surface area (Å²) >= 11 is 5.39. The van der Waals surface area contributed by atoms with E-state index in [4.69, 9.17) is 32.2 Å². The number of nitrogens with zero attached hydrogens (tertiary/aromatic N) is 1. The molecule has 0 unspecified atom stereocenters. The molecular formula is C13H22ClN3O3. The van der Waals surface area contributed by atoms with E-state index in [9.17, 15) is 4.79 Å². The van der Waals surface area contributed by atoms with Crippen molar-refractivity contribution in [2.45, 2.75) is 45.3 Å². The highest BCUT2D eigenvalue weighted by Crippen LogP contribution is 2.18. The van der Waals surface area contributed by atoms with Gasteiger partial charge in [-0.05, 0) is 20.8 Å². The van der Waals surface area contributed by atoms with Crippen LogP contribution in [0.1, 0.15) is 33.6 Å². The molecule has 0 aliphatic carbocycles. The van der Waals surface area contributed by atoms with Crippen LogP contribution in [0.25, 0.3) is 0 Å². The fourth-order valence-electron chi connectivity index (χ4n) is 1.83. The summed E-state index contributed by atoms with van der Waals surface area (Å²) in [4.78, 5) is 13.5. The number of ether oxygens (including phenoxy) is 2. The lowest BCUT2D eigenvalue weighted by Gasteiger charge is -2.33. The van der Waals surface area contributed by atoms with E-state index < -0.39 is 5.60 Å². The smallest absolute Gasteiger partial charge is 0.410 e. The molecule has 0 spiro atoms. The predicted molar refractivity (Wildman–Crippen MR) is 77.8 cm³/mol.